The molecule has 2 aromatic rings. The zero-order chi connectivity index (χ0) is 18.4. The molecule has 0 amide bonds. The van der Waals surface area contributed by atoms with Gasteiger partial charge in [-0.2, -0.15) is 0 Å². The Morgan fingerprint density at radius 2 is 1.80 bits per heavy atom. The zero-order valence-corrected chi connectivity index (χ0v) is 16.6. The maximum Gasteiger partial charge on any atom is 0.340 e. The van der Waals surface area contributed by atoms with Crippen LogP contribution in [0.1, 0.15) is 36.7 Å². The smallest absolute Gasteiger partial charge is 0.340 e. The van der Waals surface area contributed by atoms with E-state index >= 15 is 0 Å². The van der Waals surface area contributed by atoms with Gasteiger partial charge in [-0.05, 0) is 41.3 Å². The van der Waals surface area contributed by atoms with Gasteiger partial charge < -0.3 is 14.8 Å². The quantitative estimate of drug-likeness (QED) is 0.540. The van der Waals surface area contributed by atoms with Crippen molar-refractivity contribution in [2.75, 3.05) is 25.6 Å². The molecule has 0 saturated heterocycles. The highest BCUT2D eigenvalue weighted by molar-refractivity contribution is 9.10. The highest BCUT2D eigenvalue weighted by Crippen LogP contribution is 2.24. The lowest BCUT2D eigenvalue weighted by atomic mass is 9.87. The molecule has 5 heteroatoms. The van der Waals surface area contributed by atoms with Gasteiger partial charge in [-0.25, -0.2) is 4.79 Å². The van der Waals surface area contributed by atoms with Gasteiger partial charge in [0, 0.05) is 16.7 Å². The van der Waals surface area contributed by atoms with Crippen LogP contribution in [-0.2, 0) is 10.2 Å². The predicted molar refractivity (Wildman–Crippen MR) is 105 cm³/mol. The Morgan fingerprint density at radius 1 is 1.12 bits per heavy atom. The molecule has 4 nitrogen and oxygen atoms in total. The van der Waals surface area contributed by atoms with E-state index in [0.717, 1.165) is 15.9 Å². The SMILES string of the molecule is COC(=O)c1cc(Br)ccc1NCCOc1ccc(C(C)(C)C)cc1. The van der Waals surface area contributed by atoms with E-state index in [0.29, 0.717) is 18.7 Å². The molecule has 1 N–H and O–H groups in total. The molecule has 2 rings (SSSR count). The molecule has 0 radical (unpaired) electrons. The Bertz CT molecular complexity index is 721. The van der Waals surface area contributed by atoms with Crippen LogP contribution in [0.3, 0.4) is 0 Å². The summed E-state index contributed by atoms with van der Waals surface area (Å²) in [4.78, 5) is 11.8. The third-order valence-corrected chi connectivity index (χ3v) is 4.29. The number of benzene rings is 2. The summed E-state index contributed by atoms with van der Waals surface area (Å²) >= 11 is 3.37. The van der Waals surface area contributed by atoms with E-state index in [9.17, 15) is 4.79 Å². The first-order valence-corrected chi connectivity index (χ1v) is 8.95. The largest absolute Gasteiger partial charge is 0.492 e. The molecule has 0 fully saturated rings. The van der Waals surface area contributed by atoms with Crippen molar-refractivity contribution < 1.29 is 14.3 Å². The number of rotatable bonds is 6. The number of hydrogen-bond acceptors (Lipinski definition) is 4. The molecular weight excluding hydrogens is 382 g/mol. The monoisotopic (exact) mass is 405 g/mol. The molecule has 0 atom stereocenters. The fourth-order valence-electron chi connectivity index (χ4n) is 2.36. The van der Waals surface area contributed by atoms with Crippen molar-refractivity contribution >= 4 is 27.6 Å². The van der Waals surface area contributed by atoms with E-state index in [1.807, 2.05) is 24.3 Å². The minimum atomic E-state index is -0.373. The highest BCUT2D eigenvalue weighted by Gasteiger charge is 2.13. The second-order valence-corrected chi connectivity index (χ2v) is 7.65. The topological polar surface area (TPSA) is 47.6 Å². The van der Waals surface area contributed by atoms with Gasteiger partial charge in [0.05, 0.1) is 12.7 Å². The van der Waals surface area contributed by atoms with Crippen LogP contribution in [-0.4, -0.2) is 26.2 Å². The molecule has 0 aliphatic rings. The molecule has 0 heterocycles. The fraction of sp³-hybridized carbons (Fsp3) is 0.350. The number of carbonyl (C=O) groups excluding carboxylic acids is 1. The number of anilines is 1. The van der Waals surface area contributed by atoms with E-state index in [1.54, 1.807) is 6.07 Å². The summed E-state index contributed by atoms with van der Waals surface area (Å²) < 4.78 is 11.4. The van der Waals surface area contributed by atoms with Gasteiger partial charge in [-0.3, -0.25) is 0 Å². The molecule has 0 bridgehead atoms. The Morgan fingerprint density at radius 3 is 2.40 bits per heavy atom. The standard InChI is InChI=1S/C20H24BrNO3/c1-20(2,3)14-5-8-16(9-6-14)25-12-11-22-18-10-7-15(21)13-17(18)19(23)24-4/h5-10,13,22H,11-12H2,1-4H3. The normalized spacial score (nSPS) is 11.1. The maximum absolute atomic E-state index is 11.8. The summed E-state index contributed by atoms with van der Waals surface area (Å²) in [6.45, 7) is 7.62. The van der Waals surface area contributed by atoms with Crippen molar-refractivity contribution in [3.05, 3.63) is 58.1 Å². The minimum Gasteiger partial charge on any atom is -0.492 e. The second-order valence-electron chi connectivity index (χ2n) is 6.73. The average molecular weight is 406 g/mol. The first-order chi connectivity index (χ1) is 11.8. The van der Waals surface area contributed by atoms with Crippen molar-refractivity contribution in [1.82, 2.24) is 0 Å². The van der Waals surface area contributed by atoms with E-state index in [1.165, 1.54) is 12.7 Å². The number of halogens is 1. The van der Waals surface area contributed by atoms with E-state index in [-0.39, 0.29) is 11.4 Å². The van der Waals surface area contributed by atoms with Crippen molar-refractivity contribution in [2.45, 2.75) is 26.2 Å². The molecule has 0 saturated carbocycles. The van der Waals surface area contributed by atoms with Gasteiger partial charge in [0.2, 0.25) is 0 Å². The van der Waals surface area contributed by atoms with Crippen molar-refractivity contribution in [2.24, 2.45) is 0 Å². The third kappa shape index (κ3) is 5.49. The van der Waals surface area contributed by atoms with Crippen molar-refractivity contribution in [1.29, 1.82) is 0 Å². The highest BCUT2D eigenvalue weighted by atomic mass is 79.9. The number of hydrogen-bond donors (Lipinski definition) is 1. The van der Waals surface area contributed by atoms with Crippen LogP contribution in [0.2, 0.25) is 0 Å². The van der Waals surface area contributed by atoms with Crippen molar-refractivity contribution in [3.63, 3.8) is 0 Å². The third-order valence-electron chi connectivity index (χ3n) is 3.79. The molecule has 0 aromatic heterocycles. The molecule has 134 valence electrons. The second kappa shape index (κ2) is 8.39. The number of methoxy groups -OCH3 is 1. The van der Waals surface area contributed by atoms with Crippen LogP contribution in [0.25, 0.3) is 0 Å². The average Bonchev–Trinajstić information content (AvgIpc) is 2.58. The minimum absolute atomic E-state index is 0.131. The molecule has 0 aliphatic heterocycles. The molecule has 25 heavy (non-hydrogen) atoms. The summed E-state index contributed by atoms with van der Waals surface area (Å²) in [6.07, 6.45) is 0. The van der Waals surface area contributed by atoms with Gasteiger partial charge in [0.15, 0.2) is 0 Å². The van der Waals surface area contributed by atoms with Gasteiger partial charge >= 0.3 is 5.97 Å². The summed E-state index contributed by atoms with van der Waals surface area (Å²) in [5, 5.41) is 3.21. The summed E-state index contributed by atoms with van der Waals surface area (Å²) in [5.41, 5.74) is 2.62. The molecular formula is C20H24BrNO3. The number of esters is 1. The maximum atomic E-state index is 11.8. The zero-order valence-electron chi connectivity index (χ0n) is 15.1. The predicted octanol–water partition coefficient (Wildman–Crippen LogP) is 5.02. The van der Waals surface area contributed by atoms with E-state index in [2.05, 4.69) is 54.2 Å². The van der Waals surface area contributed by atoms with Gasteiger partial charge in [0.25, 0.3) is 0 Å². The van der Waals surface area contributed by atoms with Gasteiger partial charge in [-0.1, -0.05) is 48.8 Å². The van der Waals surface area contributed by atoms with E-state index < -0.39 is 0 Å². The van der Waals surface area contributed by atoms with Crippen LogP contribution < -0.4 is 10.1 Å². The first kappa shape index (κ1) is 19.3. The van der Waals surface area contributed by atoms with Crippen LogP contribution in [0.15, 0.2) is 46.9 Å². The van der Waals surface area contributed by atoms with Gasteiger partial charge in [0.1, 0.15) is 12.4 Å². The Labute approximate surface area is 157 Å². The number of ether oxygens (including phenoxy) is 2. The summed E-state index contributed by atoms with van der Waals surface area (Å²) in [7, 11) is 1.37. The molecule has 2 aromatic carbocycles. The molecule has 0 aliphatic carbocycles. The van der Waals surface area contributed by atoms with Crippen LogP contribution in [0, 0.1) is 0 Å². The van der Waals surface area contributed by atoms with Gasteiger partial charge in [-0.15, -0.1) is 0 Å². The van der Waals surface area contributed by atoms with Crippen molar-refractivity contribution in [3.8, 4) is 5.75 Å². The van der Waals surface area contributed by atoms with Crippen LogP contribution in [0.4, 0.5) is 5.69 Å². The number of nitrogens with one attached hydrogen (secondary N) is 1. The Balaban J connectivity index is 1.90. The lowest BCUT2D eigenvalue weighted by Gasteiger charge is -2.19. The first-order valence-electron chi connectivity index (χ1n) is 8.16. The Hall–Kier alpha value is -2.01. The Kier molecular flexibility index (Phi) is 6.48. The fourth-order valence-corrected chi connectivity index (χ4v) is 2.72. The molecule has 0 unspecified atom stereocenters. The van der Waals surface area contributed by atoms with Crippen LogP contribution in [0.5, 0.6) is 5.75 Å². The number of carbonyl (C=O) groups is 1. The summed E-state index contributed by atoms with van der Waals surface area (Å²) in [6, 6.07) is 13.6. The lowest BCUT2D eigenvalue weighted by Crippen LogP contribution is -2.15. The van der Waals surface area contributed by atoms with Crippen LogP contribution >= 0.6 is 15.9 Å². The lowest BCUT2D eigenvalue weighted by molar-refractivity contribution is 0.0601. The molecule has 0 spiro atoms. The summed E-state index contributed by atoms with van der Waals surface area (Å²) in [5.74, 6) is 0.460. The van der Waals surface area contributed by atoms with E-state index in [4.69, 9.17) is 9.47 Å².